The molecule has 0 radical (unpaired) electrons. The quantitative estimate of drug-likeness (QED) is 0.714. The number of hydrogen-bond donors (Lipinski definition) is 3. The fraction of sp³-hybridized carbons (Fsp3) is 0.684. The number of nitrogens with one attached hydrogen (secondary N) is 2. The minimum Gasteiger partial charge on any atom is -0.477 e. The highest BCUT2D eigenvalue weighted by atomic mass is 16.5. The fourth-order valence-electron chi connectivity index (χ4n) is 4.42. The molecule has 0 bridgehead atoms. The molecule has 26 heavy (non-hydrogen) atoms. The number of ether oxygens (including phenoxy) is 1. The van der Waals surface area contributed by atoms with Crippen molar-refractivity contribution in [3.05, 3.63) is 17.8 Å². The molecule has 0 spiro atoms. The first-order valence-electron chi connectivity index (χ1n) is 9.71. The molecule has 0 unspecified atom stereocenters. The average Bonchev–Trinajstić information content (AvgIpc) is 3.12. The number of aromatic nitrogens is 1. The number of nitrogens with zero attached hydrogens (tertiary/aromatic N) is 2. The van der Waals surface area contributed by atoms with Crippen LogP contribution in [0.2, 0.25) is 0 Å². The molecule has 2 atom stereocenters. The largest absolute Gasteiger partial charge is 0.477 e. The lowest BCUT2D eigenvalue weighted by Crippen LogP contribution is -2.34. The summed E-state index contributed by atoms with van der Waals surface area (Å²) in [6.07, 6.45) is 6.20. The van der Waals surface area contributed by atoms with Gasteiger partial charge in [0, 0.05) is 24.2 Å². The van der Waals surface area contributed by atoms with Gasteiger partial charge in [-0.25, -0.2) is 9.78 Å². The van der Waals surface area contributed by atoms with Crippen molar-refractivity contribution in [2.24, 2.45) is 17.6 Å². The van der Waals surface area contributed by atoms with Crippen molar-refractivity contribution >= 4 is 11.7 Å². The molecular weight excluding hydrogens is 330 g/mol. The summed E-state index contributed by atoms with van der Waals surface area (Å²) in [5.41, 5.74) is 8.28. The van der Waals surface area contributed by atoms with Crippen LogP contribution in [0.4, 0.5) is 10.5 Å². The molecule has 0 aromatic carbocycles. The van der Waals surface area contributed by atoms with Gasteiger partial charge in [-0.15, -0.1) is 0 Å². The van der Waals surface area contributed by atoms with E-state index >= 15 is 0 Å². The molecule has 7 heteroatoms. The van der Waals surface area contributed by atoms with E-state index < -0.39 is 0 Å². The minimum absolute atomic E-state index is 0.0521. The number of amides is 2. The number of aryl methyl sites for hydroxylation is 1. The number of anilines is 1. The molecule has 1 aliphatic carbocycles. The Morgan fingerprint density at radius 2 is 2.19 bits per heavy atom. The molecule has 3 aliphatic rings. The zero-order chi connectivity index (χ0) is 18.1. The number of nitrogens with two attached hydrogens (primary N) is 1. The first-order valence-corrected chi connectivity index (χ1v) is 9.71. The summed E-state index contributed by atoms with van der Waals surface area (Å²) in [4.78, 5) is 17.9. The van der Waals surface area contributed by atoms with Crippen LogP contribution in [0.3, 0.4) is 0 Å². The maximum absolute atomic E-state index is 11.8. The number of pyridine rings is 1. The molecule has 2 amide bonds. The maximum Gasteiger partial charge on any atom is 0.322 e. The molecule has 2 saturated heterocycles. The van der Waals surface area contributed by atoms with Crippen LogP contribution in [0.25, 0.3) is 0 Å². The lowest BCUT2D eigenvalue weighted by atomic mass is 9.90. The summed E-state index contributed by atoms with van der Waals surface area (Å²) < 4.78 is 5.91. The van der Waals surface area contributed by atoms with E-state index in [0.29, 0.717) is 31.5 Å². The van der Waals surface area contributed by atoms with Crippen LogP contribution in [0.5, 0.6) is 5.88 Å². The summed E-state index contributed by atoms with van der Waals surface area (Å²) in [6, 6.07) is 1.89. The molecule has 142 valence electrons. The zero-order valence-corrected chi connectivity index (χ0v) is 15.5. The lowest BCUT2D eigenvalue weighted by Gasteiger charge is -2.25. The Bertz CT molecular complexity index is 676. The van der Waals surface area contributed by atoms with Gasteiger partial charge < -0.3 is 21.1 Å². The number of rotatable bonds is 6. The predicted octanol–water partition coefficient (Wildman–Crippen LogP) is 1.41. The Kier molecular flexibility index (Phi) is 4.75. The molecule has 1 aromatic heterocycles. The van der Waals surface area contributed by atoms with Gasteiger partial charge in [0.15, 0.2) is 0 Å². The van der Waals surface area contributed by atoms with E-state index in [2.05, 4.69) is 15.6 Å². The van der Waals surface area contributed by atoms with Crippen LogP contribution in [0, 0.1) is 18.8 Å². The maximum atomic E-state index is 11.8. The van der Waals surface area contributed by atoms with Gasteiger partial charge in [0.2, 0.25) is 5.88 Å². The van der Waals surface area contributed by atoms with Crippen molar-refractivity contribution < 1.29 is 9.53 Å². The number of carbonyl (C=O) groups excluding carboxylic acids is 1. The van der Waals surface area contributed by atoms with Crippen molar-refractivity contribution in [3.63, 3.8) is 0 Å². The van der Waals surface area contributed by atoms with E-state index in [1.807, 2.05) is 13.0 Å². The van der Waals surface area contributed by atoms with E-state index in [-0.39, 0.29) is 11.6 Å². The van der Waals surface area contributed by atoms with Gasteiger partial charge in [0.1, 0.15) is 0 Å². The summed E-state index contributed by atoms with van der Waals surface area (Å²) in [5, 5.41) is 6.22. The molecule has 1 aromatic rings. The van der Waals surface area contributed by atoms with Crippen molar-refractivity contribution in [1.29, 1.82) is 0 Å². The smallest absolute Gasteiger partial charge is 0.322 e. The van der Waals surface area contributed by atoms with Crippen LogP contribution < -0.4 is 26.0 Å². The molecule has 2 aliphatic heterocycles. The Morgan fingerprint density at radius 1 is 1.38 bits per heavy atom. The molecule has 3 heterocycles. The second-order valence-electron chi connectivity index (χ2n) is 7.93. The number of urea groups is 1. The van der Waals surface area contributed by atoms with Crippen LogP contribution >= 0.6 is 0 Å². The topological polar surface area (TPSA) is 92.5 Å². The highest BCUT2D eigenvalue weighted by Crippen LogP contribution is 2.51. The van der Waals surface area contributed by atoms with E-state index in [1.165, 1.54) is 12.8 Å². The fourth-order valence-corrected chi connectivity index (χ4v) is 4.42. The molecule has 7 nitrogen and oxygen atoms in total. The standard InChI is InChI=1S/C19H29N5O2/c1-13-10-15(24-8-7-22-18(24)25)12-23-17(13)26-9-4-19(20)11-16(19)14-2-5-21-6-3-14/h10,12,14,16,21H,2-9,11,20H2,1H3,(H,22,25)/t16-,19+/m1/s1. The number of hydrogen-bond acceptors (Lipinski definition) is 5. The number of carbonyl (C=O) groups is 1. The van der Waals surface area contributed by atoms with E-state index in [1.54, 1.807) is 11.1 Å². The van der Waals surface area contributed by atoms with E-state index in [0.717, 1.165) is 43.1 Å². The third-order valence-electron chi connectivity index (χ3n) is 6.12. The van der Waals surface area contributed by atoms with Crippen LogP contribution in [0.1, 0.15) is 31.2 Å². The molecule has 4 rings (SSSR count). The van der Waals surface area contributed by atoms with Crippen molar-refractivity contribution in [2.45, 2.75) is 38.1 Å². The van der Waals surface area contributed by atoms with Crippen LogP contribution in [-0.2, 0) is 0 Å². The van der Waals surface area contributed by atoms with Gasteiger partial charge in [0.05, 0.1) is 18.5 Å². The Morgan fingerprint density at radius 3 is 2.88 bits per heavy atom. The predicted molar refractivity (Wildman–Crippen MR) is 100 cm³/mol. The normalized spacial score (nSPS) is 28.9. The monoisotopic (exact) mass is 359 g/mol. The van der Waals surface area contributed by atoms with Gasteiger partial charge in [-0.05, 0) is 63.6 Å². The zero-order valence-electron chi connectivity index (χ0n) is 15.5. The minimum atomic E-state index is -0.0670. The van der Waals surface area contributed by atoms with Gasteiger partial charge in [-0.3, -0.25) is 4.90 Å². The number of piperidine rings is 1. The second kappa shape index (κ2) is 7.04. The highest BCUT2D eigenvalue weighted by Gasteiger charge is 2.53. The van der Waals surface area contributed by atoms with E-state index in [4.69, 9.17) is 10.5 Å². The highest BCUT2D eigenvalue weighted by molar-refractivity contribution is 5.93. The molecule has 3 fully saturated rings. The molecular formula is C19H29N5O2. The van der Waals surface area contributed by atoms with Crippen LogP contribution in [0.15, 0.2) is 12.3 Å². The Hall–Kier alpha value is -1.86. The van der Waals surface area contributed by atoms with Gasteiger partial charge >= 0.3 is 6.03 Å². The second-order valence-corrected chi connectivity index (χ2v) is 7.93. The lowest BCUT2D eigenvalue weighted by molar-refractivity contribution is 0.251. The third kappa shape index (κ3) is 3.50. The third-order valence-corrected chi connectivity index (χ3v) is 6.12. The molecule has 1 saturated carbocycles. The SMILES string of the molecule is Cc1cc(N2CCNC2=O)cnc1OCC[C@]1(N)C[C@@H]1C1CCNCC1. The van der Waals surface area contributed by atoms with Crippen molar-refractivity contribution in [2.75, 3.05) is 37.7 Å². The van der Waals surface area contributed by atoms with Gasteiger partial charge in [0.25, 0.3) is 0 Å². The first-order chi connectivity index (χ1) is 12.6. The van der Waals surface area contributed by atoms with Gasteiger partial charge in [-0.2, -0.15) is 0 Å². The Balaban J connectivity index is 1.29. The van der Waals surface area contributed by atoms with Crippen molar-refractivity contribution in [1.82, 2.24) is 15.6 Å². The summed E-state index contributed by atoms with van der Waals surface area (Å²) in [7, 11) is 0. The van der Waals surface area contributed by atoms with Crippen molar-refractivity contribution in [3.8, 4) is 5.88 Å². The Labute approximate surface area is 154 Å². The van der Waals surface area contributed by atoms with Crippen LogP contribution in [-0.4, -0.2) is 49.3 Å². The van der Waals surface area contributed by atoms with E-state index in [9.17, 15) is 4.79 Å². The summed E-state index contributed by atoms with van der Waals surface area (Å²) >= 11 is 0. The average molecular weight is 359 g/mol. The summed E-state index contributed by atoms with van der Waals surface area (Å²) in [5.74, 6) is 2.06. The summed E-state index contributed by atoms with van der Waals surface area (Å²) in [6.45, 7) is 6.15. The molecule has 4 N–H and O–H groups in total. The van der Waals surface area contributed by atoms with Gasteiger partial charge in [-0.1, -0.05) is 0 Å². The first kappa shape index (κ1) is 17.5.